The van der Waals surface area contributed by atoms with Gasteiger partial charge in [-0.1, -0.05) is 12.6 Å². The molecule has 9 heteroatoms. The number of rotatable bonds is 14. The Hall–Kier alpha value is -0.299. The maximum absolute atomic E-state index is 11.3. The zero-order valence-corrected chi connectivity index (χ0v) is 20.5. The summed E-state index contributed by atoms with van der Waals surface area (Å²) < 4.78 is 17.8. The minimum Gasteiger partial charge on any atom is -0.397 e. The predicted molar refractivity (Wildman–Crippen MR) is 112 cm³/mol. The first kappa shape index (κ1) is 25.7. The van der Waals surface area contributed by atoms with Crippen molar-refractivity contribution in [3.05, 3.63) is 12.2 Å². The van der Waals surface area contributed by atoms with E-state index in [2.05, 4.69) is 51.2 Å². The van der Waals surface area contributed by atoms with Crippen LogP contribution in [0.1, 0.15) is 13.3 Å². The van der Waals surface area contributed by atoms with E-state index in [-0.39, 0.29) is 25.0 Å². The van der Waals surface area contributed by atoms with Crippen LogP contribution in [0.15, 0.2) is 12.2 Å². The van der Waals surface area contributed by atoms with Crippen LogP contribution in [0.2, 0.25) is 45.3 Å². The number of nitrogens with one attached hydrogen (secondary N) is 1. The number of amides is 1. The zero-order chi connectivity index (χ0) is 20.4. The fourth-order valence-electron chi connectivity index (χ4n) is 1.78. The van der Waals surface area contributed by atoms with Crippen molar-refractivity contribution in [1.82, 2.24) is 5.32 Å². The summed E-state index contributed by atoms with van der Waals surface area (Å²) in [6, 6.07) is 0.974. The monoisotopic (exact) mass is 419 g/mol. The van der Waals surface area contributed by atoms with E-state index in [1.54, 1.807) is 6.92 Å². The van der Waals surface area contributed by atoms with E-state index in [0.717, 1.165) is 12.5 Å². The Morgan fingerprint density at radius 3 is 2.15 bits per heavy atom. The average Bonchev–Trinajstić information content (AvgIpc) is 2.44. The van der Waals surface area contributed by atoms with E-state index in [1.807, 2.05) is 0 Å². The molecule has 0 aliphatic heterocycles. The van der Waals surface area contributed by atoms with E-state index >= 15 is 0 Å². The standard InChI is InChI=1S/C17H37NO5Si3/c1-14(2)16(20)18-12-15(19)13-21-10-9-11-24-17(22-25(3,4)5)23-26(6,7)8/h15,17,19H,1,9-13H2,2-8H3,(H,18,20). The Morgan fingerprint density at radius 2 is 1.69 bits per heavy atom. The summed E-state index contributed by atoms with van der Waals surface area (Å²) in [6.07, 6.45) is 0.183. The molecule has 0 fully saturated rings. The van der Waals surface area contributed by atoms with Crippen LogP contribution in [0, 0.1) is 0 Å². The summed E-state index contributed by atoms with van der Waals surface area (Å²) in [4.78, 5) is 11.3. The van der Waals surface area contributed by atoms with Crippen LogP contribution in [0.3, 0.4) is 0 Å². The number of hydrogen-bond donors (Lipinski definition) is 2. The Balaban J connectivity index is 3.96. The second kappa shape index (κ2) is 12.2. The quantitative estimate of drug-likeness (QED) is 0.196. The molecule has 0 heterocycles. The molecule has 152 valence electrons. The molecule has 0 aromatic heterocycles. The van der Waals surface area contributed by atoms with E-state index < -0.39 is 22.7 Å². The molecule has 2 radical (unpaired) electrons. The van der Waals surface area contributed by atoms with Crippen LogP contribution in [0.5, 0.6) is 0 Å². The third-order valence-corrected chi connectivity index (χ3v) is 6.42. The smallest absolute Gasteiger partial charge is 0.246 e. The lowest BCUT2D eigenvalue weighted by molar-refractivity contribution is -0.118. The molecule has 1 atom stereocenters. The maximum atomic E-state index is 11.3. The second-order valence-electron chi connectivity index (χ2n) is 8.32. The molecule has 0 saturated heterocycles. The Bertz CT molecular complexity index is 419. The molecule has 1 amide bonds. The van der Waals surface area contributed by atoms with E-state index in [9.17, 15) is 9.90 Å². The van der Waals surface area contributed by atoms with Crippen molar-refractivity contribution >= 4 is 32.1 Å². The lowest BCUT2D eigenvalue weighted by atomic mass is 10.3. The van der Waals surface area contributed by atoms with Gasteiger partial charge in [0.15, 0.2) is 16.6 Å². The van der Waals surface area contributed by atoms with Crippen LogP contribution in [0.4, 0.5) is 0 Å². The highest BCUT2D eigenvalue weighted by molar-refractivity contribution is 6.71. The van der Waals surface area contributed by atoms with E-state index in [1.165, 1.54) is 0 Å². The normalized spacial score (nSPS) is 13.7. The highest BCUT2D eigenvalue weighted by Gasteiger charge is 2.26. The fraction of sp³-hybridized carbons (Fsp3) is 0.824. The lowest BCUT2D eigenvalue weighted by Crippen LogP contribution is -2.43. The molecular weight excluding hydrogens is 382 g/mol. The first-order chi connectivity index (χ1) is 11.8. The minimum absolute atomic E-state index is 0.101. The van der Waals surface area contributed by atoms with Crippen molar-refractivity contribution in [2.45, 2.75) is 70.7 Å². The lowest BCUT2D eigenvalue weighted by Gasteiger charge is -2.31. The molecule has 1 unspecified atom stereocenters. The highest BCUT2D eigenvalue weighted by Crippen LogP contribution is 2.14. The molecule has 0 bridgehead atoms. The van der Waals surface area contributed by atoms with Crippen LogP contribution in [-0.2, 0) is 18.4 Å². The third kappa shape index (κ3) is 15.9. The van der Waals surface area contributed by atoms with Gasteiger partial charge in [-0.15, -0.1) is 0 Å². The van der Waals surface area contributed by atoms with Gasteiger partial charge in [0.2, 0.25) is 5.91 Å². The SMILES string of the molecule is C=C(C)C(=O)NCC(O)COCCC[Si]C(O[Si](C)(C)C)O[Si](C)(C)C. The fourth-order valence-corrected chi connectivity index (χ4v) is 6.63. The molecule has 0 rings (SSSR count). The molecule has 6 nitrogen and oxygen atoms in total. The highest BCUT2D eigenvalue weighted by atomic mass is 28.4. The number of carbonyl (C=O) groups is 1. The molecule has 2 N–H and O–H groups in total. The van der Waals surface area contributed by atoms with Gasteiger partial charge < -0.3 is 24.0 Å². The Labute approximate surface area is 163 Å². The molecule has 0 saturated carbocycles. The van der Waals surface area contributed by atoms with Crippen LogP contribution >= 0.6 is 0 Å². The summed E-state index contributed by atoms with van der Waals surface area (Å²) in [7, 11) is -2.69. The van der Waals surface area contributed by atoms with Gasteiger partial charge in [-0.05, 0) is 52.6 Å². The second-order valence-corrected chi connectivity index (χ2v) is 18.6. The van der Waals surface area contributed by atoms with E-state index in [0.29, 0.717) is 21.7 Å². The number of hydrogen-bond acceptors (Lipinski definition) is 5. The summed E-state index contributed by atoms with van der Waals surface area (Å²) in [5.74, 6) is -0.350. The van der Waals surface area contributed by atoms with Crippen LogP contribution in [-0.4, -0.2) is 68.9 Å². The first-order valence-corrected chi connectivity index (χ1v) is 17.2. The zero-order valence-electron chi connectivity index (χ0n) is 17.5. The number of ether oxygens (including phenoxy) is 1. The maximum Gasteiger partial charge on any atom is 0.246 e. The molecule has 0 aromatic carbocycles. The van der Waals surface area contributed by atoms with Gasteiger partial charge in [0, 0.05) is 18.7 Å². The van der Waals surface area contributed by atoms with Gasteiger partial charge in [0.25, 0.3) is 0 Å². The van der Waals surface area contributed by atoms with Crippen molar-refractivity contribution in [2.24, 2.45) is 0 Å². The summed E-state index contributed by atoms with van der Waals surface area (Å²) in [5, 5.41) is 12.4. The van der Waals surface area contributed by atoms with Crippen molar-refractivity contribution < 1.29 is 23.5 Å². The Morgan fingerprint density at radius 1 is 1.15 bits per heavy atom. The third-order valence-electron chi connectivity index (χ3n) is 2.89. The first-order valence-electron chi connectivity index (χ1n) is 9.09. The molecule has 0 aliphatic rings. The number of carbonyl (C=O) groups excluding carboxylic acids is 1. The number of aliphatic hydroxyl groups is 1. The van der Waals surface area contributed by atoms with Gasteiger partial charge in [0.05, 0.1) is 12.7 Å². The molecule has 0 aliphatic carbocycles. The molecule has 26 heavy (non-hydrogen) atoms. The van der Waals surface area contributed by atoms with E-state index in [4.69, 9.17) is 13.6 Å². The van der Waals surface area contributed by atoms with Crippen molar-refractivity contribution in [2.75, 3.05) is 19.8 Å². The van der Waals surface area contributed by atoms with Crippen LogP contribution in [0.25, 0.3) is 0 Å². The van der Waals surface area contributed by atoms with Gasteiger partial charge in [0.1, 0.15) is 15.4 Å². The summed E-state index contributed by atoms with van der Waals surface area (Å²) >= 11 is 0. The van der Waals surface area contributed by atoms with Crippen molar-refractivity contribution in [3.63, 3.8) is 0 Å². The molecule has 0 spiro atoms. The van der Waals surface area contributed by atoms with Crippen molar-refractivity contribution in [3.8, 4) is 0 Å². The summed E-state index contributed by atoms with van der Waals surface area (Å²) in [6.45, 7) is 19.2. The predicted octanol–water partition coefficient (Wildman–Crippen LogP) is 2.56. The largest absolute Gasteiger partial charge is 0.397 e. The number of aliphatic hydroxyl groups excluding tert-OH is 1. The average molecular weight is 420 g/mol. The molecule has 0 aromatic rings. The van der Waals surface area contributed by atoms with Gasteiger partial charge >= 0.3 is 0 Å². The topological polar surface area (TPSA) is 77.0 Å². The van der Waals surface area contributed by atoms with Gasteiger partial charge in [-0.3, -0.25) is 4.79 Å². The molecular formula is C17H37NO5Si3. The van der Waals surface area contributed by atoms with Gasteiger partial charge in [-0.2, -0.15) is 0 Å². The van der Waals surface area contributed by atoms with Gasteiger partial charge in [-0.25, -0.2) is 0 Å². The Kier molecular flexibility index (Phi) is 12.1. The summed E-state index contributed by atoms with van der Waals surface area (Å²) in [5.41, 5.74) is 0.426. The van der Waals surface area contributed by atoms with Crippen LogP contribution < -0.4 is 5.32 Å². The van der Waals surface area contributed by atoms with Crippen molar-refractivity contribution in [1.29, 1.82) is 0 Å². The minimum atomic E-state index is -1.64.